The topological polar surface area (TPSA) is 119 Å². The number of benzene rings is 1. The summed E-state index contributed by atoms with van der Waals surface area (Å²) in [6.45, 7) is 0.974. The van der Waals surface area contributed by atoms with Crippen molar-refractivity contribution in [2.45, 2.75) is 18.9 Å². The van der Waals surface area contributed by atoms with Crippen LogP contribution in [0.3, 0.4) is 0 Å². The third-order valence-electron chi connectivity index (χ3n) is 3.02. The molecular weight excluding hydrogens is 250 g/mol. The first kappa shape index (κ1) is 14.9. The maximum absolute atomic E-state index is 11.0. The molecule has 0 aliphatic heterocycles. The number of aliphatic hydroxyl groups is 2. The van der Waals surface area contributed by atoms with Crippen LogP contribution in [0.1, 0.15) is 18.9 Å². The van der Waals surface area contributed by atoms with Crippen molar-refractivity contribution in [1.82, 2.24) is 0 Å². The molecule has 1 rings (SSSR count). The molecule has 7 nitrogen and oxygen atoms in total. The number of hydrogen-bond donors (Lipinski definition) is 3. The van der Waals surface area contributed by atoms with Crippen molar-refractivity contribution in [2.24, 2.45) is 0 Å². The minimum Gasteiger partial charge on any atom is -0.394 e. The van der Waals surface area contributed by atoms with Gasteiger partial charge in [-0.25, -0.2) is 0 Å². The predicted octanol–water partition coefficient (Wildman–Crippen LogP) is 1.01. The second-order valence-corrected chi connectivity index (χ2v) is 4.15. The summed E-state index contributed by atoms with van der Waals surface area (Å²) >= 11 is 0. The first-order chi connectivity index (χ1) is 9.03. The van der Waals surface area contributed by atoms with Crippen LogP contribution < -0.4 is 5.32 Å². The van der Waals surface area contributed by atoms with Crippen LogP contribution in [0.4, 0.5) is 11.4 Å². The number of nitrogens with one attached hydrogen (secondary N) is 1. The van der Waals surface area contributed by atoms with Gasteiger partial charge in [-0.2, -0.15) is 5.26 Å². The first-order valence-electron chi connectivity index (χ1n) is 5.71. The van der Waals surface area contributed by atoms with Crippen LogP contribution in [0, 0.1) is 21.4 Å². The summed E-state index contributed by atoms with van der Waals surface area (Å²) in [5.41, 5.74) is -1.38. The first-order valence-corrected chi connectivity index (χ1v) is 5.71. The number of nitrogens with zero attached hydrogens (tertiary/aromatic N) is 2. The van der Waals surface area contributed by atoms with Gasteiger partial charge >= 0.3 is 5.69 Å². The van der Waals surface area contributed by atoms with Crippen LogP contribution in [0.2, 0.25) is 0 Å². The van der Waals surface area contributed by atoms with E-state index in [0.29, 0.717) is 6.42 Å². The number of nitro benzene ring substituents is 1. The van der Waals surface area contributed by atoms with E-state index in [4.69, 9.17) is 5.26 Å². The van der Waals surface area contributed by atoms with Gasteiger partial charge in [0.05, 0.1) is 23.7 Å². The van der Waals surface area contributed by atoms with Gasteiger partial charge < -0.3 is 15.5 Å². The number of anilines is 1. The summed E-state index contributed by atoms with van der Waals surface area (Å²) in [6, 6.07) is 6.03. The minimum atomic E-state index is -1.06. The van der Waals surface area contributed by atoms with Crippen LogP contribution in [0.15, 0.2) is 18.2 Å². The van der Waals surface area contributed by atoms with Crippen molar-refractivity contribution in [2.75, 3.05) is 18.5 Å². The molecule has 0 unspecified atom stereocenters. The SMILES string of the molecule is CCC(CO)(CO)Nc1cccc(C#N)c1[N+](=O)[O-]. The van der Waals surface area contributed by atoms with Crippen molar-refractivity contribution in [3.05, 3.63) is 33.9 Å². The summed E-state index contributed by atoms with van der Waals surface area (Å²) in [6.07, 6.45) is 0.369. The lowest BCUT2D eigenvalue weighted by atomic mass is 9.97. The van der Waals surface area contributed by atoms with E-state index in [1.807, 2.05) is 0 Å². The van der Waals surface area contributed by atoms with Gasteiger partial charge in [0.15, 0.2) is 0 Å². The molecule has 0 radical (unpaired) electrons. The lowest BCUT2D eigenvalue weighted by Gasteiger charge is -2.30. The van der Waals surface area contributed by atoms with Gasteiger partial charge in [0.1, 0.15) is 17.3 Å². The molecule has 0 atom stereocenters. The standard InChI is InChI=1S/C12H15N3O4/c1-2-12(7-16,8-17)14-10-5-3-4-9(6-13)11(10)15(18)19/h3-5,14,16-17H,2,7-8H2,1H3. The van der Waals surface area contributed by atoms with Crippen LogP contribution >= 0.6 is 0 Å². The van der Waals surface area contributed by atoms with Gasteiger partial charge in [-0.1, -0.05) is 13.0 Å². The zero-order valence-corrected chi connectivity index (χ0v) is 10.5. The van der Waals surface area contributed by atoms with E-state index in [2.05, 4.69) is 5.32 Å². The van der Waals surface area contributed by atoms with Crippen LogP contribution in [-0.4, -0.2) is 33.9 Å². The average molecular weight is 265 g/mol. The summed E-state index contributed by atoms with van der Waals surface area (Å²) in [4.78, 5) is 10.4. The number of hydrogen-bond acceptors (Lipinski definition) is 6. The summed E-state index contributed by atoms with van der Waals surface area (Å²) in [5.74, 6) is 0. The largest absolute Gasteiger partial charge is 0.394 e. The molecule has 3 N–H and O–H groups in total. The molecule has 0 saturated carbocycles. The zero-order chi connectivity index (χ0) is 14.5. The Labute approximate surface area is 110 Å². The van der Waals surface area contributed by atoms with E-state index in [1.54, 1.807) is 13.0 Å². The molecule has 0 amide bonds. The summed E-state index contributed by atoms with van der Waals surface area (Å²) in [5, 5.41) is 41.4. The van der Waals surface area contributed by atoms with Crippen LogP contribution in [0.25, 0.3) is 0 Å². The highest BCUT2D eigenvalue weighted by atomic mass is 16.6. The van der Waals surface area contributed by atoms with E-state index in [-0.39, 0.29) is 30.2 Å². The Morgan fingerprint density at radius 3 is 2.53 bits per heavy atom. The smallest absolute Gasteiger partial charge is 0.309 e. The summed E-state index contributed by atoms with van der Waals surface area (Å²) in [7, 11) is 0. The minimum absolute atomic E-state index is 0.0733. The lowest BCUT2D eigenvalue weighted by Crippen LogP contribution is -2.45. The molecule has 102 valence electrons. The molecule has 0 heterocycles. The predicted molar refractivity (Wildman–Crippen MR) is 68.6 cm³/mol. The fraction of sp³-hybridized carbons (Fsp3) is 0.417. The number of nitro groups is 1. The van der Waals surface area contributed by atoms with E-state index in [1.165, 1.54) is 18.2 Å². The van der Waals surface area contributed by atoms with Gasteiger partial charge in [0, 0.05) is 0 Å². The third kappa shape index (κ3) is 2.99. The molecule has 7 heteroatoms. The fourth-order valence-corrected chi connectivity index (χ4v) is 1.66. The second kappa shape index (κ2) is 6.13. The Kier molecular flexibility index (Phi) is 4.80. The van der Waals surface area contributed by atoms with E-state index in [9.17, 15) is 20.3 Å². The number of aliphatic hydroxyl groups excluding tert-OH is 2. The molecule has 0 aliphatic rings. The number of nitriles is 1. The molecule has 19 heavy (non-hydrogen) atoms. The Morgan fingerprint density at radius 2 is 2.11 bits per heavy atom. The van der Waals surface area contributed by atoms with Crippen molar-refractivity contribution < 1.29 is 15.1 Å². The third-order valence-corrected chi connectivity index (χ3v) is 3.02. The Balaban J connectivity index is 3.28. The normalized spacial score (nSPS) is 10.8. The molecule has 1 aromatic carbocycles. The van der Waals surface area contributed by atoms with E-state index >= 15 is 0 Å². The van der Waals surface area contributed by atoms with Crippen molar-refractivity contribution >= 4 is 11.4 Å². The Bertz CT molecular complexity index is 498. The van der Waals surface area contributed by atoms with Crippen LogP contribution in [-0.2, 0) is 0 Å². The van der Waals surface area contributed by atoms with Gasteiger partial charge in [0.25, 0.3) is 0 Å². The lowest BCUT2D eigenvalue weighted by molar-refractivity contribution is -0.384. The van der Waals surface area contributed by atoms with Gasteiger partial charge in [-0.3, -0.25) is 10.1 Å². The molecule has 1 aromatic rings. The van der Waals surface area contributed by atoms with Gasteiger partial charge in [0.2, 0.25) is 0 Å². The van der Waals surface area contributed by atoms with E-state index < -0.39 is 10.5 Å². The highest BCUT2D eigenvalue weighted by Gasteiger charge is 2.30. The molecule has 0 fully saturated rings. The Hall–Kier alpha value is -2.17. The quantitative estimate of drug-likeness (QED) is 0.521. The van der Waals surface area contributed by atoms with Gasteiger partial charge in [-0.05, 0) is 18.6 Å². The number of para-hydroxylation sites is 1. The molecule has 0 aromatic heterocycles. The fourth-order valence-electron chi connectivity index (χ4n) is 1.66. The molecule has 0 bridgehead atoms. The Morgan fingerprint density at radius 1 is 1.47 bits per heavy atom. The van der Waals surface area contributed by atoms with Crippen molar-refractivity contribution in [1.29, 1.82) is 5.26 Å². The van der Waals surface area contributed by atoms with Crippen LogP contribution in [0.5, 0.6) is 0 Å². The molecule has 0 aliphatic carbocycles. The zero-order valence-electron chi connectivity index (χ0n) is 10.5. The summed E-state index contributed by atoms with van der Waals surface area (Å²) < 4.78 is 0. The average Bonchev–Trinajstić information content (AvgIpc) is 2.44. The highest BCUT2D eigenvalue weighted by molar-refractivity contribution is 5.69. The van der Waals surface area contributed by atoms with Crippen molar-refractivity contribution in [3.63, 3.8) is 0 Å². The van der Waals surface area contributed by atoms with E-state index in [0.717, 1.165) is 0 Å². The maximum Gasteiger partial charge on any atom is 0.309 e. The monoisotopic (exact) mass is 265 g/mol. The molecule has 0 saturated heterocycles. The van der Waals surface area contributed by atoms with Crippen molar-refractivity contribution in [3.8, 4) is 6.07 Å². The highest BCUT2D eigenvalue weighted by Crippen LogP contribution is 2.31. The molecular formula is C12H15N3O4. The second-order valence-electron chi connectivity index (χ2n) is 4.15. The molecule has 0 spiro atoms. The number of rotatable bonds is 6. The maximum atomic E-state index is 11.0. The van der Waals surface area contributed by atoms with Gasteiger partial charge in [-0.15, -0.1) is 0 Å².